The molecule has 0 bridgehead atoms. The first-order chi connectivity index (χ1) is 17.0. The van der Waals surface area contributed by atoms with Gasteiger partial charge in [0, 0.05) is 43.3 Å². The summed E-state index contributed by atoms with van der Waals surface area (Å²) in [6.45, 7) is 8.91. The van der Waals surface area contributed by atoms with E-state index in [0.717, 1.165) is 48.3 Å². The maximum atomic E-state index is 13.8. The van der Waals surface area contributed by atoms with Crippen LogP contribution in [-0.4, -0.2) is 63.8 Å². The van der Waals surface area contributed by atoms with Crippen molar-refractivity contribution in [3.63, 3.8) is 0 Å². The lowest BCUT2D eigenvalue weighted by molar-refractivity contribution is 0.0668. The molecule has 0 radical (unpaired) electrons. The highest BCUT2D eigenvalue weighted by Crippen LogP contribution is 2.32. The van der Waals surface area contributed by atoms with E-state index in [1.54, 1.807) is 12.3 Å². The van der Waals surface area contributed by atoms with Gasteiger partial charge in [0.2, 0.25) is 0 Å². The molecule has 8 nitrogen and oxygen atoms in total. The van der Waals surface area contributed by atoms with E-state index in [1.807, 2.05) is 41.8 Å². The molecule has 0 saturated heterocycles. The van der Waals surface area contributed by atoms with Gasteiger partial charge in [-0.05, 0) is 69.6 Å². The summed E-state index contributed by atoms with van der Waals surface area (Å²) in [7, 11) is 2.10. The van der Waals surface area contributed by atoms with Crippen molar-refractivity contribution >= 4 is 5.91 Å². The van der Waals surface area contributed by atoms with E-state index in [9.17, 15) is 10.1 Å². The molecule has 1 unspecified atom stereocenters. The Bertz CT molecular complexity index is 1230. The van der Waals surface area contributed by atoms with Crippen LogP contribution in [0.1, 0.15) is 59.6 Å². The summed E-state index contributed by atoms with van der Waals surface area (Å²) in [4.78, 5) is 22.4. The Morgan fingerprint density at radius 3 is 2.80 bits per heavy atom. The molecule has 182 valence electrons. The van der Waals surface area contributed by atoms with Crippen molar-refractivity contribution in [3.05, 3.63) is 70.8 Å². The summed E-state index contributed by atoms with van der Waals surface area (Å²) in [6, 6.07) is 9.75. The first kappa shape index (κ1) is 24.4. The highest BCUT2D eigenvalue weighted by Gasteiger charge is 2.32. The minimum Gasteiger partial charge on any atom is -0.492 e. The van der Waals surface area contributed by atoms with E-state index in [-0.39, 0.29) is 11.9 Å². The summed E-state index contributed by atoms with van der Waals surface area (Å²) >= 11 is 0. The van der Waals surface area contributed by atoms with Gasteiger partial charge in [-0.25, -0.2) is 4.68 Å². The minimum absolute atomic E-state index is 0.0121. The fraction of sp³-hybridized carbons (Fsp3) is 0.407. The van der Waals surface area contributed by atoms with E-state index in [2.05, 4.69) is 41.1 Å². The molecule has 35 heavy (non-hydrogen) atoms. The normalized spacial score (nSPS) is 14.1. The number of nitriles is 1. The molecule has 0 N–H and O–H groups in total. The molecular formula is C27H32N6O2. The average molecular weight is 473 g/mol. The van der Waals surface area contributed by atoms with Crippen molar-refractivity contribution in [3.8, 4) is 17.5 Å². The quantitative estimate of drug-likeness (QED) is 0.471. The number of carbonyl (C=O) groups excluding carboxylic acids is 1. The third-order valence-corrected chi connectivity index (χ3v) is 6.66. The maximum absolute atomic E-state index is 13.8. The predicted molar refractivity (Wildman–Crippen MR) is 134 cm³/mol. The van der Waals surface area contributed by atoms with Gasteiger partial charge >= 0.3 is 0 Å². The van der Waals surface area contributed by atoms with Crippen LogP contribution in [0.3, 0.4) is 0 Å². The van der Waals surface area contributed by atoms with Crippen LogP contribution in [0.2, 0.25) is 0 Å². The fourth-order valence-electron chi connectivity index (χ4n) is 4.46. The number of fused-ring (bicyclic) bond motifs is 1. The van der Waals surface area contributed by atoms with Gasteiger partial charge in [-0.3, -0.25) is 9.78 Å². The molecule has 1 aromatic carbocycles. The number of hydrogen-bond donors (Lipinski definition) is 0. The molecule has 0 saturated carbocycles. The number of ether oxygens (including phenoxy) is 1. The fourth-order valence-corrected chi connectivity index (χ4v) is 4.46. The number of aromatic nitrogens is 3. The van der Waals surface area contributed by atoms with Gasteiger partial charge in [0.05, 0.1) is 24.0 Å². The van der Waals surface area contributed by atoms with Crippen LogP contribution in [0.15, 0.2) is 42.9 Å². The molecule has 3 aromatic rings. The largest absolute Gasteiger partial charge is 0.492 e. The first-order valence-electron chi connectivity index (χ1n) is 12.1. The highest BCUT2D eigenvalue weighted by atomic mass is 16.5. The molecule has 0 fully saturated rings. The van der Waals surface area contributed by atoms with Gasteiger partial charge in [0.15, 0.2) is 0 Å². The monoisotopic (exact) mass is 472 g/mol. The number of amides is 1. The molecule has 3 heterocycles. The second kappa shape index (κ2) is 10.7. The number of carbonyl (C=O) groups is 1. The minimum atomic E-state index is -0.259. The summed E-state index contributed by atoms with van der Waals surface area (Å²) in [5.41, 5.74) is 4.94. The Kier molecular flexibility index (Phi) is 7.47. The topological polar surface area (TPSA) is 87.3 Å². The van der Waals surface area contributed by atoms with Gasteiger partial charge in [0.1, 0.15) is 17.4 Å². The van der Waals surface area contributed by atoms with Gasteiger partial charge < -0.3 is 14.5 Å². The van der Waals surface area contributed by atoms with Crippen molar-refractivity contribution in [2.75, 3.05) is 33.3 Å². The smallest absolute Gasteiger partial charge is 0.254 e. The Labute approximate surface area is 206 Å². The van der Waals surface area contributed by atoms with Crippen LogP contribution in [0.5, 0.6) is 5.75 Å². The lowest BCUT2D eigenvalue weighted by Crippen LogP contribution is -2.40. The zero-order valence-corrected chi connectivity index (χ0v) is 20.9. The number of nitrogens with zero attached hydrogens (tertiary/aromatic N) is 6. The second-order valence-electron chi connectivity index (χ2n) is 8.81. The second-order valence-corrected chi connectivity index (χ2v) is 8.81. The number of pyridine rings is 1. The van der Waals surface area contributed by atoms with Crippen LogP contribution < -0.4 is 4.74 Å². The molecule has 2 aromatic heterocycles. The molecular weight excluding hydrogens is 440 g/mol. The Balaban J connectivity index is 1.68. The summed E-state index contributed by atoms with van der Waals surface area (Å²) in [6.07, 6.45) is 6.79. The standard InChI is InChI=1S/C27H32N6O2/c1-5-31(4)12-8-20-14-23-22(25(15-20)33-11-7-10-30-33)9-13-32(27(23)34)19(3)24-16-26(35-6-2)21(17-28)18-29-24/h7,10-11,14-16,18-19H,5-6,8-9,12-13H2,1-4H3. The zero-order valence-electron chi connectivity index (χ0n) is 20.9. The van der Waals surface area contributed by atoms with Crippen LogP contribution >= 0.6 is 0 Å². The van der Waals surface area contributed by atoms with E-state index in [1.165, 1.54) is 6.20 Å². The first-order valence-corrected chi connectivity index (χ1v) is 12.1. The molecule has 0 aliphatic carbocycles. The highest BCUT2D eigenvalue weighted by molar-refractivity contribution is 5.98. The van der Waals surface area contributed by atoms with E-state index >= 15 is 0 Å². The molecule has 1 atom stereocenters. The van der Waals surface area contributed by atoms with Crippen molar-refractivity contribution in [2.24, 2.45) is 0 Å². The lowest BCUT2D eigenvalue weighted by atomic mass is 9.92. The molecule has 4 rings (SSSR count). The molecule has 1 aliphatic rings. The molecule has 1 aliphatic heterocycles. The zero-order chi connectivity index (χ0) is 24.9. The summed E-state index contributed by atoms with van der Waals surface area (Å²) in [5, 5.41) is 13.8. The van der Waals surface area contributed by atoms with Gasteiger partial charge in [-0.15, -0.1) is 0 Å². The average Bonchev–Trinajstić information content (AvgIpc) is 3.42. The Morgan fingerprint density at radius 1 is 1.29 bits per heavy atom. The lowest BCUT2D eigenvalue weighted by Gasteiger charge is -2.34. The SMILES string of the molecule is CCOc1cc(C(C)N2CCc3c(cc(CCN(C)CC)cc3-n3cccn3)C2=O)ncc1C#N. The van der Waals surface area contributed by atoms with Crippen LogP contribution in [0, 0.1) is 11.3 Å². The molecule has 0 spiro atoms. The van der Waals surface area contributed by atoms with Crippen LogP contribution in [0.25, 0.3) is 5.69 Å². The van der Waals surface area contributed by atoms with Gasteiger partial charge in [-0.1, -0.05) is 6.92 Å². The van der Waals surface area contributed by atoms with Gasteiger partial charge in [-0.2, -0.15) is 10.4 Å². The van der Waals surface area contributed by atoms with E-state index in [4.69, 9.17) is 4.74 Å². The third kappa shape index (κ3) is 5.05. The van der Waals surface area contributed by atoms with E-state index in [0.29, 0.717) is 30.2 Å². The number of rotatable bonds is 9. The van der Waals surface area contributed by atoms with Crippen molar-refractivity contribution in [2.45, 2.75) is 39.7 Å². The molecule has 1 amide bonds. The number of hydrogen-bond acceptors (Lipinski definition) is 6. The van der Waals surface area contributed by atoms with Crippen molar-refractivity contribution < 1.29 is 9.53 Å². The summed E-state index contributed by atoms with van der Waals surface area (Å²) < 4.78 is 7.49. The van der Waals surface area contributed by atoms with Crippen molar-refractivity contribution in [1.82, 2.24) is 24.6 Å². The van der Waals surface area contributed by atoms with Crippen LogP contribution in [-0.2, 0) is 12.8 Å². The summed E-state index contributed by atoms with van der Waals surface area (Å²) in [5.74, 6) is 0.488. The number of benzene rings is 1. The predicted octanol–water partition coefficient (Wildman–Crippen LogP) is 3.79. The Hall–Kier alpha value is -3.70. The van der Waals surface area contributed by atoms with Crippen molar-refractivity contribution in [1.29, 1.82) is 5.26 Å². The van der Waals surface area contributed by atoms with Crippen LogP contribution in [0.4, 0.5) is 0 Å². The molecule has 8 heteroatoms. The van der Waals surface area contributed by atoms with E-state index < -0.39 is 0 Å². The van der Waals surface area contributed by atoms with Gasteiger partial charge in [0.25, 0.3) is 5.91 Å². The Morgan fingerprint density at radius 2 is 2.11 bits per heavy atom. The number of likely N-dealkylation sites (N-methyl/N-ethyl adjacent to an activating group) is 1. The third-order valence-electron chi connectivity index (χ3n) is 6.66. The maximum Gasteiger partial charge on any atom is 0.254 e.